The summed E-state index contributed by atoms with van der Waals surface area (Å²) in [5.74, 6) is 2.02. The molecule has 2 atom stereocenters. The third kappa shape index (κ3) is 3.07. The van der Waals surface area contributed by atoms with Crippen molar-refractivity contribution < 1.29 is 0 Å². The van der Waals surface area contributed by atoms with Gasteiger partial charge in [0.2, 0.25) is 0 Å². The van der Waals surface area contributed by atoms with E-state index in [-0.39, 0.29) is 0 Å². The third-order valence-corrected chi connectivity index (χ3v) is 5.99. The molecule has 1 aromatic carbocycles. The highest BCUT2D eigenvalue weighted by atomic mass is 14.7. The van der Waals surface area contributed by atoms with Crippen molar-refractivity contribution in [3.8, 4) is 0 Å². The predicted octanol–water partition coefficient (Wildman–Crippen LogP) is 4.77. The summed E-state index contributed by atoms with van der Waals surface area (Å²) in [5.41, 5.74) is 13.0. The second-order valence-electron chi connectivity index (χ2n) is 7.71. The Hall–Kier alpha value is -1.83. The number of nitrogens with zero attached hydrogens (tertiary/aromatic N) is 1. The summed E-state index contributed by atoms with van der Waals surface area (Å²) < 4.78 is 0. The lowest BCUT2D eigenvalue weighted by Gasteiger charge is -2.23. The minimum atomic E-state index is 0.579. The second-order valence-corrected chi connectivity index (χ2v) is 7.71. The van der Waals surface area contributed by atoms with Gasteiger partial charge < -0.3 is 5.73 Å². The van der Waals surface area contributed by atoms with Crippen molar-refractivity contribution in [1.82, 2.24) is 0 Å². The molecule has 2 saturated carbocycles. The predicted molar refractivity (Wildman–Crippen MR) is 101 cm³/mol. The first-order valence-corrected chi connectivity index (χ1v) is 9.48. The topological polar surface area (TPSA) is 38.4 Å². The Morgan fingerprint density at radius 2 is 2.04 bits per heavy atom. The number of allylic oxidation sites excluding steroid dienone is 4. The van der Waals surface area contributed by atoms with Crippen molar-refractivity contribution in [1.29, 1.82) is 0 Å². The molecule has 0 aromatic heterocycles. The number of hydrogen-bond acceptors (Lipinski definition) is 2. The average molecular weight is 320 g/mol. The molecule has 0 aliphatic heterocycles. The molecule has 0 bridgehead atoms. The normalized spacial score (nSPS) is 27.3. The lowest BCUT2D eigenvalue weighted by Crippen LogP contribution is -2.14. The van der Waals surface area contributed by atoms with Crippen molar-refractivity contribution >= 4 is 6.21 Å². The van der Waals surface area contributed by atoms with E-state index in [2.05, 4.69) is 35.3 Å². The Kier molecular flexibility index (Phi) is 4.30. The van der Waals surface area contributed by atoms with Crippen LogP contribution in [0, 0.1) is 11.8 Å². The van der Waals surface area contributed by atoms with Gasteiger partial charge in [-0.25, -0.2) is 0 Å². The zero-order valence-electron chi connectivity index (χ0n) is 14.7. The number of rotatable bonds is 4. The van der Waals surface area contributed by atoms with Crippen LogP contribution in [0.4, 0.5) is 0 Å². The Bertz CT molecular complexity index is 704. The summed E-state index contributed by atoms with van der Waals surface area (Å²) in [6, 6.07) is 9.27. The van der Waals surface area contributed by atoms with Gasteiger partial charge in [-0.2, -0.15) is 0 Å². The molecule has 0 saturated heterocycles. The molecule has 2 unspecified atom stereocenters. The lowest BCUT2D eigenvalue weighted by atomic mass is 9.83. The van der Waals surface area contributed by atoms with Crippen molar-refractivity contribution in [3.05, 3.63) is 58.3 Å². The molecule has 1 aromatic rings. The maximum atomic E-state index is 6.39. The lowest BCUT2D eigenvalue weighted by molar-refractivity contribution is 0.443. The zero-order valence-corrected chi connectivity index (χ0v) is 14.7. The molecule has 0 heterocycles. The van der Waals surface area contributed by atoms with Crippen molar-refractivity contribution in [2.24, 2.45) is 22.6 Å². The number of aliphatic imine (C=N–C) groups is 1. The quantitative estimate of drug-likeness (QED) is 0.798. The molecule has 2 N–H and O–H groups in total. The van der Waals surface area contributed by atoms with Gasteiger partial charge in [0.05, 0.1) is 0 Å². The smallest absolute Gasteiger partial charge is 0.0301 e. The van der Waals surface area contributed by atoms with Gasteiger partial charge in [0.25, 0.3) is 0 Å². The summed E-state index contributed by atoms with van der Waals surface area (Å²) in [6.07, 6.45) is 13.5. The summed E-state index contributed by atoms with van der Waals surface area (Å²) in [5, 5.41) is 0. The molecule has 126 valence electrons. The molecule has 3 aliphatic rings. The fourth-order valence-electron chi connectivity index (χ4n) is 4.54. The van der Waals surface area contributed by atoms with Crippen molar-refractivity contribution in [2.45, 2.75) is 50.9 Å². The molecule has 2 fully saturated rings. The van der Waals surface area contributed by atoms with Crippen LogP contribution in [-0.4, -0.2) is 13.3 Å². The molecule has 3 aliphatic carbocycles. The van der Waals surface area contributed by atoms with Gasteiger partial charge in [0, 0.05) is 30.5 Å². The van der Waals surface area contributed by atoms with E-state index in [1.54, 1.807) is 0 Å². The van der Waals surface area contributed by atoms with E-state index in [0.29, 0.717) is 11.8 Å². The van der Waals surface area contributed by atoms with E-state index < -0.39 is 0 Å². The number of nitrogens with two attached hydrogens (primary N) is 1. The monoisotopic (exact) mass is 320 g/mol. The maximum Gasteiger partial charge on any atom is 0.0301 e. The minimum Gasteiger partial charge on any atom is -0.401 e. The van der Waals surface area contributed by atoms with Crippen LogP contribution in [0.3, 0.4) is 0 Å². The highest BCUT2D eigenvalue weighted by Gasteiger charge is 2.41. The Morgan fingerprint density at radius 1 is 1.21 bits per heavy atom. The number of fused-ring (bicyclic) bond motifs is 1. The van der Waals surface area contributed by atoms with Gasteiger partial charge in [-0.15, -0.1) is 0 Å². The fraction of sp³-hybridized carbons (Fsp3) is 0.500. The molecule has 0 spiro atoms. The van der Waals surface area contributed by atoms with Crippen LogP contribution in [0.5, 0.6) is 0 Å². The van der Waals surface area contributed by atoms with E-state index in [9.17, 15) is 0 Å². The number of benzene rings is 1. The first kappa shape index (κ1) is 15.7. The highest BCUT2D eigenvalue weighted by Crippen LogP contribution is 2.49. The van der Waals surface area contributed by atoms with Gasteiger partial charge in [-0.05, 0) is 54.2 Å². The van der Waals surface area contributed by atoms with Gasteiger partial charge in [0.15, 0.2) is 0 Å². The minimum absolute atomic E-state index is 0.579. The standard InChI is InChI=1S/C22H28N2/c1-24-14-21-18(12-19-13-20(19)22(21)23)11-15-6-5-9-17(10-15)16-7-3-2-4-8-16/h5-6,9-10,12,14,16,19-20H,2-4,7-8,11,13,23H2,1H3. The van der Waals surface area contributed by atoms with E-state index >= 15 is 0 Å². The van der Waals surface area contributed by atoms with Crippen LogP contribution in [0.2, 0.25) is 0 Å². The molecule has 4 rings (SSSR count). The largest absolute Gasteiger partial charge is 0.401 e. The first-order valence-electron chi connectivity index (χ1n) is 9.48. The molecule has 0 radical (unpaired) electrons. The summed E-state index contributed by atoms with van der Waals surface area (Å²) >= 11 is 0. The second kappa shape index (κ2) is 6.58. The third-order valence-electron chi connectivity index (χ3n) is 5.99. The molecule has 2 nitrogen and oxygen atoms in total. The molecular weight excluding hydrogens is 292 g/mol. The SMILES string of the molecule is CN=CC1=C(N)C2CC2C=C1Cc1cccc(C2CCCCC2)c1. The van der Waals surface area contributed by atoms with Crippen LogP contribution in [0.25, 0.3) is 0 Å². The van der Waals surface area contributed by atoms with Crippen molar-refractivity contribution in [2.75, 3.05) is 7.05 Å². The van der Waals surface area contributed by atoms with Crippen LogP contribution in [-0.2, 0) is 6.42 Å². The molecular formula is C22H28N2. The van der Waals surface area contributed by atoms with Crippen molar-refractivity contribution in [3.63, 3.8) is 0 Å². The Morgan fingerprint density at radius 3 is 2.83 bits per heavy atom. The van der Waals surface area contributed by atoms with E-state index in [4.69, 9.17) is 5.73 Å². The Balaban J connectivity index is 1.56. The van der Waals surface area contributed by atoms with Gasteiger partial charge in [0.1, 0.15) is 0 Å². The Labute approximate surface area is 145 Å². The van der Waals surface area contributed by atoms with E-state index in [0.717, 1.165) is 18.0 Å². The molecule has 2 heteroatoms. The average Bonchev–Trinajstić information content (AvgIpc) is 3.39. The number of hydrogen-bond donors (Lipinski definition) is 1. The highest BCUT2D eigenvalue weighted by molar-refractivity contribution is 5.87. The zero-order chi connectivity index (χ0) is 16.5. The van der Waals surface area contributed by atoms with Gasteiger partial charge >= 0.3 is 0 Å². The maximum absolute atomic E-state index is 6.39. The van der Waals surface area contributed by atoms with Gasteiger partial charge in [-0.3, -0.25) is 4.99 Å². The summed E-state index contributed by atoms with van der Waals surface area (Å²) in [4.78, 5) is 4.24. The summed E-state index contributed by atoms with van der Waals surface area (Å²) in [6.45, 7) is 0. The van der Waals surface area contributed by atoms with Crippen LogP contribution < -0.4 is 5.73 Å². The van der Waals surface area contributed by atoms with E-state index in [1.165, 1.54) is 60.8 Å². The van der Waals surface area contributed by atoms with Crippen LogP contribution >= 0.6 is 0 Å². The summed E-state index contributed by atoms with van der Waals surface area (Å²) in [7, 11) is 1.83. The fourth-order valence-corrected chi connectivity index (χ4v) is 4.54. The first-order chi connectivity index (χ1) is 11.8. The molecule has 0 amide bonds. The van der Waals surface area contributed by atoms with E-state index in [1.807, 2.05) is 13.3 Å². The van der Waals surface area contributed by atoms with Crippen LogP contribution in [0.1, 0.15) is 55.6 Å². The van der Waals surface area contributed by atoms with Gasteiger partial charge in [-0.1, -0.05) is 49.6 Å². The van der Waals surface area contributed by atoms with Crippen LogP contribution in [0.15, 0.2) is 52.2 Å². The molecule has 24 heavy (non-hydrogen) atoms.